The minimum Gasteiger partial charge on any atom is -0.377 e. The highest BCUT2D eigenvalue weighted by Gasteiger charge is 2.44. The Morgan fingerprint density at radius 2 is 2.22 bits per heavy atom. The van der Waals surface area contributed by atoms with Gasteiger partial charge in [-0.1, -0.05) is 0 Å². The number of ether oxygens (including phenoxy) is 2. The van der Waals surface area contributed by atoms with Gasteiger partial charge in [-0.15, -0.1) is 0 Å². The average Bonchev–Trinajstić information content (AvgIpc) is 3.28. The maximum atomic E-state index is 12.8. The molecule has 2 fully saturated rings. The summed E-state index contributed by atoms with van der Waals surface area (Å²) in [4.78, 5) is 22.7. The van der Waals surface area contributed by atoms with Crippen molar-refractivity contribution in [3.63, 3.8) is 0 Å². The number of aromatic nitrogens is 4. The van der Waals surface area contributed by atoms with E-state index >= 15 is 0 Å². The summed E-state index contributed by atoms with van der Waals surface area (Å²) >= 11 is 0. The summed E-state index contributed by atoms with van der Waals surface area (Å²) in [6.45, 7) is 3.02. The van der Waals surface area contributed by atoms with Crippen LogP contribution in [0.4, 0.5) is 0 Å². The van der Waals surface area contributed by atoms with Gasteiger partial charge in [0, 0.05) is 37.8 Å². The molecule has 4 rings (SSSR count). The van der Waals surface area contributed by atoms with Crippen LogP contribution in [0.1, 0.15) is 24.8 Å². The van der Waals surface area contributed by atoms with Crippen LogP contribution in [0.25, 0.3) is 0 Å². The molecule has 2 aliphatic heterocycles. The molecule has 2 atom stereocenters. The highest BCUT2D eigenvalue weighted by Crippen LogP contribution is 2.33. The van der Waals surface area contributed by atoms with Crippen LogP contribution in [0.5, 0.6) is 0 Å². The largest absolute Gasteiger partial charge is 0.377 e. The van der Waals surface area contributed by atoms with Gasteiger partial charge >= 0.3 is 0 Å². The molecule has 8 nitrogen and oxygen atoms in total. The first kappa shape index (κ1) is 18.1. The lowest BCUT2D eigenvalue weighted by atomic mass is 9.99. The molecular weight excluding hydrogens is 346 g/mol. The number of carbonyl (C=O) groups excluding carboxylic acids is 1. The Morgan fingerprint density at radius 1 is 1.33 bits per heavy atom. The van der Waals surface area contributed by atoms with Gasteiger partial charge in [0.15, 0.2) is 0 Å². The Labute approximate surface area is 158 Å². The van der Waals surface area contributed by atoms with Crippen molar-refractivity contribution in [3.8, 4) is 0 Å². The summed E-state index contributed by atoms with van der Waals surface area (Å²) < 4.78 is 14.1. The second kappa shape index (κ2) is 8.14. The number of rotatable bonds is 5. The van der Waals surface area contributed by atoms with Crippen molar-refractivity contribution >= 4 is 5.91 Å². The van der Waals surface area contributed by atoms with E-state index in [4.69, 9.17) is 9.47 Å². The van der Waals surface area contributed by atoms with Crippen molar-refractivity contribution in [2.75, 3.05) is 26.3 Å². The first-order valence-electron chi connectivity index (χ1n) is 9.47. The van der Waals surface area contributed by atoms with Crippen LogP contribution in [-0.4, -0.2) is 68.6 Å². The summed E-state index contributed by atoms with van der Waals surface area (Å²) in [6.07, 6.45) is 11.8. The molecule has 2 aromatic rings. The molecule has 2 unspecified atom stereocenters. The fraction of sp³-hybridized carbons (Fsp3) is 0.579. The van der Waals surface area contributed by atoms with Crippen molar-refractivity contribution in [2.45, 2.75) is 43.9 Å². The van der Waals surface area contributed by atoms with Crippen LogP contribution in [0.2, 0.25) is 0 Å². The molecule has 2 saturated heterocycles. The molecule has 0 radical (unpaired) electrons. The molecule has 0 saturated carbocycles. The Balaban J connectivity index is 1.35. The molecule has 1 amide bonds. The molecule has 1 spiro atoms. The van der Waals surface area contributed by atoms with E-state index in [1.807, 2.05) is 21.8 Å². The van der Waals surface area contributed by atoms with Gasteiger partial charge in [0.2, 0.25) is 5.91 Å². The van der Waals surface area contributed by atoms with Crippen molar-refractivity contribution in [1.29, 1.82) is 0 Å². The number of hydrogen-bond donors (Lipinski definition) is 0. The smallest absolute Gasteiger partial charge is 0.223 e. The highest BCUT2D eigenvalue weighted by atomic mass is 16.6. The maximum absolute atomic E-state index is 12.8. The Morgan fingerprint density at radius 3 is 3.04 bits per heavy atom. The lowest BCUT2D eigenvalue weighted by Crippen LogP contribution is -2.47. The van der Waals surface area contributed by atoms with E-state index in [0.29, 0.717) is 39.1 Å². The topological polar surface area (TPSA) is 82.4 Å². The monoisotopic (exact) mass is 371 g/mol. The van der Waals surface area contributed by atoms with Crippen LogP contribution in [0.15, 0.2) is 37.2 Å². The third-order valence-corrected chi connectivity index (χ3v) is 5.23. The van der Waals surface area contributed by atoms with Crippen LogP contribution in [0, 0.1) is 0 Å². The lowest BCUT2D eigenvalue weighted by molar-refractivity contribution is -0.136. The molecule has 144 valence electrons. The van der Waals surface area contributed by atoms with E-state index in [1.54, 1.807) is 18.6 Å². The number of amides is 1. The van der Waals surface area contributed by atoms with E-state index < -0.39 is 5.60 Å². The normalized spacial score (nSPS) is 25.6. The van der Waals surface area contributed by atoms with E-state index in [1.165, 1.54) is 6.33 Å². The van der Waals surface area contributed by atoms with Crippen LogP contribution >= 0.6 is 0 Å². The van der Waals surface area contributed by atoms with Gasteiger partial charge < -0.3 is 14.4 Å². The molecule has 0 aliphatic carbocycles. The molecule has 0 N–H and O–H groups in total. The minimum absolute atomic E-state index is 0.102. The average molecular weight is 371 g/mol. The maximum Gasteiger partial charge on any atom is 0.223 e. The first-order valence-corrected chi connectivity index (χ1v) is 9.47. The predicted molar refractivity (Wildman–Crippen MR) is 96.8 cm³/mol. The summed E-state index contributed by atoms with van der Waals surface area (Å²) in [5.74, 6) is 0.128. The SMILES string of the molecule is O=C(CCc1cncnc1)N1CCOCC2(CCC(Cn3cccn3)O2)C1. The Kier molecular flexibility index (Phi) is 5.45. The standard InChI is InChI=1S/C19H25N5O3/c25-18(3-2-16-10-20-15-21-11-16)23-8-9-26-14-19(13-23)5-4-17(27-19)12-24-7-1-6-22-24/h1,6-7,10-11,15,17H,2-5,8-9,12-14H2. The minimum atomic E-state index is -0.403. The van der Waals surface area contributed by atoms with Gasteiger partial charge in [0.1, 0.15) is 11.9 Å². The molecule has 2 aliphatic rings. The lowest BCUT2D eigenvalue weighted by Gasteiger charge is -2.32. The summed E-state index contributed by atoms with van der Waals surface area (Å²) in [7, 11) is 0. The van der Waals surface area contributed by atoms with Crippen LogP contribution in [-0.2, 0) is 27.2 Å². The Bertz CT molecular complexity index is 739. The molecule has 27 heavy (non-hydrogen) atoms. The molecule has 0 bridgehead atoms. The fourth-order valence-corrected chi connectivity index (χ4v) is 3.85. The van der Waals surface area contributed by atoms with Gasteiger partial charge in [0.05, 0.1) is 32.4 Å². The van der Waals surface area contributed by atoms with Crippen molar-refractivity contribution in [2.24, 2.45) is 0 Å². The van der Waals surface area contributed by atoms with Gasteiger partial charge in [-0.2, -0.15) is 5.10 Å². The summed E-state index contributed by atoms with van der Waals surface area (Å²) in [6, 6.07) is 1.91. The van der Waals surface area contributed by atoms with Crippen LogP contribution < -0.4 is 0 Å². The molecule has 0 aromatic carbocycles. The van der Waals surface area contributed by atoms with Gasteiger partial charge in [-0.25, -0.2) is 9.97 Å². The van der Waals surface area contributed by atoms with Gasteiger partial charge in [0.25, 0.3) is 0 Å². The van der Waals surface area contributed by atoms with Crippen LogP contribution in [0.3, 0.4) is 0 Å². The number of carbonyl (C=O) groups is 1. The molecule has 4 heterocycles. The van der Waals surface area contributed by atoms with E-state index in [2.05, 4.69) is 15.1 Å². The van der Waals surface area contributed by atoms with E-state index in [9.17, 15) is 4.79 Å². The van der Waals surface area contributed by atoms with Gasteiger partial charge in [-0.05, 0) is 30.9 Å². The molecular formula is C19H25N5O3. The quantitative estimate of drug-likeness (QED) is 0.782. The summed E-state index contributed by atoms with van der Waals surface area (Å²) in [5.41, 5.74) is 0.572. The Hall–Kier alpha value is -2.32. The zero-order chi connectivity index (χ0) is 18.5. The zero-order valence-corrected chi connectivity index (χ0v) is 15.4. The van der Waals surface area contributed by atoms with Crippen molar-refractivity contribution < 1.29 is 14.3 Å². The third-order valence-electron chi connectivity index (χ3n) is 5.23. The van der Waals surface area contributed by atoms with E-state index in [0.717, 1.165) is 24.9 Å². The van der Waals surface area contributed by atoms with Gasteiger partial charge in [-0.3, -0.25) is 9.48 Å². The third kappa shape index (κ3) is 4.51. The second-order valence-electron chi connectivity index (χ2n) is 7.30. The van der Waals surface area contributed by atoms with Crippen molar-refractivity contribution in [1.82, 2.24) is 24.6 Å². The predicted octanol–water partition coefficient (Wildman–Crippen LogP) is 1.08. The first-order chi connectivity index (χ1) is 13.2. The fourth-order valence-electron chi connectivity index (χ4n) is 3.85. The second-order valence-corrected chi connectivity index (χ2v) is 7.30. The summed E-state index contributed by atoms with van der Waals surface area (Å²) in [5, 5.41) is 4.26. The molecule has 8 heteroatoms. The van der Waals surface area contributed by atoms with Crippen molar-refractivity contribution in [3.05, 3.63) is 42.7 Å². The molecule has 2 aromatic heterocycles. The zero-order valence-electron chi connectivity index (χ0n) is 15.4. The highest BCUT2D eigenvalue weighted by molar-refractivity contribution is 5.76. The number of hydrogen-bond acceptors (Lipinski definition) is 6. The van der Waals surface area contributed by atoms with E-state index in [-0.39, 0.29) is 12.0 Å². The number of nitrogens with zero attached hydrogens (tertiary/aromatic N) is 5. The number of aryl methyl sites for hydroxylation is 1.